The summed E-state index contributed by atoms with van der Waals surface area (Å²) in [7, 11) is 1.62. The van der Waals surface area contributed by atoms with Gasteiger partial charge in [0.15, 0.2) is 0 Å². The van der Waals surface area contributed by atoms with Gasteiger partial charge in [-0.3, -0.25) is 4.79 Å². The number of nitrogens with one attached hydrogen (secondary N) is 1. The lowest BCUT2D eigenvalue weighted by Gasteiger charge is -2.16. The fourth-order valence-corrected chi connectivity index (χ4v) is 1.20. The second-order valence-electron chi connectivity index (χ2n) is 2.58. The van der Waals surface area contributed by atoms with Crippen LogP contribution in [0.3, 0.4) is 0 Å². The molecule has 1 aliphatic heterocycles. The molecule has 0 aromatic rings. The first-order chi connectivity index (χ1) is 5.24. The van der Waals surface area contributed by atoms with Gasteiger partial charge in [0.05, 0.1) is 0 Å². The summed E-state index contributed by atoms with van der Waals surface area (Å²) in [6.07, 6.45) is -0.101. The van der Waals surface area contributed by atoms with Crippen molar-refractivity contribution >= 4 is 5.97 Å². The molecule has 1 fully saturated rings. The zero-order valence-electron chi connectivity index (χ0n) is 6.79. The molecule has 0 aromatic carbocycles. The smallest absolute Gasteiger partial charge is 0.303 e. The highest BCUT2D eigenvalue weighted by molar-refractivity contribution is 5.66. The van der Waals surface area contributed by atoms with E-state index in [-0.39, 0.29) is 18.2 Å². The summed E-state index contributed by atoms with van der Waals surface area (Å²) >= 11 is 0. The Morgan fingerprint density at radius 3 is 2.64 bits per heavy atom. The Morgan fingerprint density at radius 1 is 1.45 bits per heavy atom. The SMILES string of the molecule is COC1CNCC1OC(C)=O. The zero-order valence-corrected chi connectivity index (χ0v) is 6.79. The van der Waals surface area contributed by atoms with E-state index in [0.717, 1.165) is 6.54 Å². The first-order valence-electron chi connectivity index (χ1n) is 3.64. The second kappa shape index (κ2) is 3.69. The third-order valence-electron chi connectivity index (χ3n) is 1.73. The van der Waals surface area contributed by atoms with Crippen LogP contribution in [0.4, 0.5) is 0 Å². The predicted molar refractivity (Wildman–Crippen MR) is 39.2 cm³/mol. The minimum Gasteiger partial charge on any atom is -0.458 e. The molecule has 11 heavy (non-hydrogen) atoms. The average molecular weight is 159 g/mol. The molecule has 1 aliphatic rings. The van der Waals surface area contributed by atoms with Crippen molar-refractivity contribution in [2.45, 2.75) is 19.1 Å². The number of carbonyl (C=O) groups is 1. The van der Waals surface area contributed by atoms with E-state index >= 15 is 0 Å². The lowest BCUT2D eigenvalue weighted by atomic mass is 10.2. The largest absolute Gasteiger partial charge is 0.458 e. The molecular weight excluding hydrogens is 146 g/mol. The van der Waals surface area contributed by atoms with Crippen molar-refractivity contribution in [1.29, 1.82) is 0 Å². The van der Waals surface area contributed by atoms with Gasteiger partial charge in [-0.1, -0.05) is 0 Å². The molecule has 1 N–H and O–H groups in total. The summed E-state index contributed by atoms with van der Waals surface area (Å²) in [5, 5.41) is 3.08. The highest BCUT2D eigenvalue weighted by atomic mass is 16.6. The molecule has 0 aliphatic carbocycles. The Hall–Kier alpha value is -0.610. The Kier molecular flexibility index (Phi) is 2.84. The van der Waals surface area contributed by atoms with Crippen LogP contribution in [-0.2, 0) is 14.3 Å². The van der Waals surface area contributed by atoms with Crippen molar-refractivity contribution in [2.24, 2.45) is 0 Å². The number of rotatable bonds is 2. The van der Waals surface area contributed by atoms with Gasteiger partial charge in [-0.2, -0.15) is 0 Å². The number of ether oxygens (including phenoxy) is 2. The molecule has 2 unspecified atom stereocenters. The first-order valence-corrected chi connectivity index (χ1v) is 3.64. The molecule has 1 heterocycles. The molecule has 0 aromatic heterocycles. The Labute approximate surface area is 65.9 Å². The number of carbonyl (C=O) groups excluding carboxylic acids is 1. The van der Waals surface area contributed by atoms with Crippen LogP contribution >= 0.6 is 0 Å². The zero-order chi connectivity index (χ0) is 8.27. The van der Waals surface area contributed by atoms with Crippen molar-refractivity contribution in [2.75, 3.05) is 20.2 Å². The van der Waals surface area contributed by atoms with E-state index in [4.69, 9.17) is 9.47 Å². The molecule has 1 rings (SSSR count). The van der Waals surface area contributed by atoms with Crippen molar-refractivity contribution in [1.82, 2.24) is 5.32 Å². The fourth-order valence-electron chi connectivity index (χ4n) is 1.20. The van der Waals surface area contributed by atoms with Gasteiger partial charge in [0.1, 0.15) is 12.2 Å². The molecule has 0 spiro atoms. The highest BCUT2D eigenvalue weighted by Gasteiger charge is 2.28. The van der Waals surface area contributed by atoms with Crippen molar-refractivity contribution in [3.8, 4) is 0 Å². The van der Waals surface area contributed by atoms with Gasteiger partial charge in [-0.05, 0) is 0 Å². The van der Waals surface area contributed by atoms with E-state index in [0.29, 0.717) is 6.54 Å². The maximum atomic E-state index is 10.6. The molecule has 4 nitrogen and oxygen atoms in total. The molecule has 64 valence electrons. The maximum absolute atomic E-state index is 10.6. The van der Waals surface area contributed by atoms with Crippen molar-refractivity contribution in [3.05, 3.63) is 0 Å². The fraction of sp³-hybridized carbons (Fsp3) is 0.857. The number of methoxy groups -OCH3 is 1. The molecule has 0 bridgehead atoms. The quantitative estimate of drug-likeness (QED) is 0.554. The Bertz CT molecular complexity index is 149. The number of hydrogen-bond donors (Lipinski definition) is 1. The maximum Gasteiger partial charge on any atom is 0.303 e. The first kappa shape index (κ1) is 8.49. The second-order valence-corrected chi connectivity index (χ2v) is 2.58. The molecule has 1 saturated heterocycles. The lowest BCUT2D eigenvalue weighted by Crippen LogP contribution is -2.30. The van der Waals surface area contributed by atoms with Crippen LogP contribution in [0, 0.1) is 0 Å². The normalized spacial score (nSPS) is 30.4. The molecule has 0 radical (unpaired) electrons. The summed E-state index contributed by atoms with van der Waals surface area (Å²) < 4.78 is 10.1. The van der Waals surface area contributed by atoms with E-state index < -0.39 is 0 Å². The van der Waals surface area contributed by atoms with Crippen LogP contribution in [-0.4, -0.2) is 38.4 Å². The van der Waals surface area contributed by atoms with Crippen LogP contribution in [0.25, 0.3) is 0 Å². The third-order valence-corrected chi connectivity index (χ3v) is 1.73. The Morgan fingerprint density at radius 2 is 2.09 bits per heavy atom. The van der Waals surface area contributed by atoms with E-state index in [2.05, 4.69) is 5.32 Å². The number of hydrogen-bond acceptors (Lipinski definition) is 4. The average Bonchev–Trinajstić information content (AvgIpc) is 2.34. The van der Waals surface area contributed by atoms with Crippen LogP contribution < -0.4 is 5.32 Å². The van der Waals surface area contributed by atoms with E-state index in [1.54, 1.807) is 7.11 Å². The third kappa shape index (κ3) is 2.17. The molecule has 2 atom stereocenters. The molecule has 4 heteroatoms. The Balaban J connectivity index is 2.37. The van der Waals surface area contributed by atoms with E-state index in [1.807, 2.05) is 0 Å². The standard InChI is InChI=1S/C7H13NO3/c1-5(9)11-7-4-8-3-6(7)10-2/h6-8H,3-4H2,1-2H3. The van der Waals surface area contributed by atoms with E-state index in [1.165, 1.54) is 6.92 Å². The van der Waals surface area contributed by atoms with Gasteiger partial charge in [-0.25, -0.2) is 0 Å². The van der Waals surface area contributed by atoms with Gasteiger partial charge in [-0.15, -0.1) is 0 Å². The summed E-state index contributed by atoms with van der Waals surface area (Å²) in [6.45, 7) is 2.86. The highest BCUT2D eigenvalue weighted by Crippen LogP contribution is 2.07. The summed E-state index contributed by atoms with van der Waals surface area (Å²) in [5.41, 5.74) is 0. The van der Waals surface area contributed by atoms with Crippen LogP contribution in [0.2, 0.25) is 0 Å². The molecular formula is C7H13NO3. The summed E-state index contributed by atoms with van der Waals surface area (Å²) in [4.78, 5) is 10.6. The predicted octanol–water partition coefficient (Wildman–Crippen LogP) is -0.464. The van der Waals surface area contributed by atoms with Gasteiger partial charge < -0.3 is 14.8 Å². The van der Waals surface area contributed by atoms with Crippen LogP contribution in [0.15, 0.2) is 0 Å². The van der Waals surface area contributed by atoms with Crippen molar-refractivity contribution in [3.63, 3.8) is 0 Å². The van der Waals surface area contributed by atoms with Gasteiger partial charge in [0.2, 0.25) is 0 Å². The minimum absolute atomic E-state index is 0.0129. The van der Waals surface area contributed by atoms with E-state index in [9.17, 15) is 4.79 Å². The van der Waals surface area contributed by atoms with Crippen LogP contribution in [0.1, 0.15) is 6.92 Å². The van der Waals surface area contributed by atoms with Crippen molar-refractivity contribution < 1.29 is 14.3 Å². The molecule has 0 saturated carbocycles. The topological polar surface area (TPSA) is 47.6 Å². The van der Waals surface area contributed by atoms with Gasteiger partial charge in [0, 0.05) is 27.1 Å². The van der Waals surface area contributed by atoms with Crippen LogP contribution in [0.5, 0.6) is 0 Å². The van der Waals surface area contributed by atoms with Gasteiger partial charge >= 0.3 is 5.97 Å². The van der Waals surface area contributed by atoms with Gasteiger partial charge in [0.25, 0.3) is 0 Å². The summed E-state index contributed by atoms with van der Waals surface area (Å²) in [5.74, 6) is -0.249. The minimum atomic E-state index is -0.249. The summed E-state index contributed by atoms with van der Waals surface area (Å²) in [6, 6.07) is 0. The molecule has 0 amide bonds. The lowest BCUT2D eigenvalue weighted by molar-refractivity contribution is -0.150. The number of esters is 1. The monoisotopic (exact) mass is 159 g/mol.